The summed E-state index contributed by atoms with van der Waals surface area (Å²) in [4.78, 5) is 0. The zero-order valence-corrected chi connectivity index (χ0v) is 10.4. The lowest BCUT2D eigenvalue weighted by molar-refractivity contribution is 0.243. The van der Waals surface area contributed by atoms with E-state index in [0.717, 1.165) is 11.6 Å². The molecule has 3 heteroatoms. The quantitative estimate of drug-likeness (QED) is 0.887. The van der Waals surface area contributed by atoms with Crippen LogP contribution in [0.15, 0.2) is 42.5 Å². The Kier molecular flexibility index (Phi) is 3.51. The Balaban J connectivity index is 2.49. The number of aromatic hydroxyl groups is 1. The molecular formula is C15H15FO2. The van der Waals surface area contributed by atoms with Crippen LogP contribution >= 0.6 is 0 Å². The van der Waals surface area contributed by atoms with E-state index in [1.807, 2.05) is 38.1 Å². The van der Waals surface area contributed by atoms with Crippen LogP contribution in [0, 0.1) is 5.82 Å². The molecule has 0 amide bonds. The van der Waals surface area contributed by atoms with Gasteiger partial charge in [0.05, 0.1) is 6.10 Å². The molecule has 2 rings (SSSR count). The molecule has 2 nitrogen and oxygen atoms in total. The van der Waals surface area contributed by atoms with Gasteiger partial charge in [0, 0.05) is 11.6 Å². The van der Waals surface area contributed by atoms with E-state index in [4.69, 9.17) is 4.74 Å². The molecule has 94 valence electrons. The number of halogens is 1. The van der Waals surface area contributed by atoms with Crippen molar-refractivity contribution in [3.8, 4) is 22.6 Å². The van der Waals surface area contributed by atoms with Crippen LogP contribution in [0.5, 0.6) is 11.5 Å². The zero-order chi connectivity index (χ0) is 13.1. The summed E-state index contributed by atoms with van der Waals surface area (Å²) < 4.78 is 19.0. The first-order valence-corrected chi connectivity index (χ1v) is 5.82. The van der Waals surface area contributed by atoms with Gasteiger partial charge in [-0.2, -0.15) is 0 Å². The number of ether oxygens (including phenoxy) is 1. The third-order valence-corrected chi connectivity index (χ3v) is 2.44. The molecule has 0 saturated heterocycles. The maximum absolute atomic E-state index is 13.3. The van der Waals surface area contributed by atoms with Crippen molar-refractivity contribution in [2.45, 2.75) is 20.0 Å². The molecule has 0 unspecified atom stereocenters. The van der Waals surface area contributed by atoms with E-state index in [-0.39, 0.29) is 11.9 Å². The average molecular weight is 246 g/mol. The van der Waals surface area contributed by atoms with Gasteiger partial charge in [0.1, 0.15) is 17.3 Å². The highest BCUT2D eigenvalue weighted by Gasteiger charge is 2.09. The predicted molar refractivity (Wildman–Crippen MR) is 69.3 cm³/mol. The van der Waals surface area contributed by atoms with Gasteiger partial charge >= 0.3 is 0 Å². The molecule has 0 atom stereocenters. The molecule has 0 fully saturated rings. The fourth-order valence-corrected chi connectivity index (χ4v) is 1.79. The van der Waals surface area contributed by atoms with Gasteiger partial charge in [-0.05, 0) is 37.6 Å². The largest absolute Gasteiger partial charge is 0.508 e. The summed E-state index contributed by atoms with van der Waals surface area (Å²) >= 11 is 0. The Morgan fingerprint density at radius 1 is 1.11 bits per heavy atom. The highest BCUT2D eigenvalue weighted by molar-refractivity contribution is 5.71. The Labute approximate surface area is 106 Å². The van der Waals surface area contributed by atoms with Crippen molar-refractivity contribution in [2.24, 2.45) is 0 Å². The molecule has 1 N–H and O–H groups in total. The van der Waals surface area contributed by atoms with Gasteiger partial charge in [-0.1, -0.05) is 18.2 Å². The third kappa shape index (κ3) is 2.80. The lowest BCUT2D eigenvalue weighted by atomic mass is 10.0. The molecule has 0 aromatic heterocycles. The first-order valence-electron chi connectivity index (χ1n) is 5.82. The maximum atomic E-state index is 13.3. The van der Waals surface area contributed by atoms with Crippen molar-refractivity contribution in [3.05, 3.63) is 48.3 Å². The number of benzene rings is 2. The summed E-state index contributed by atoms with van der Waals surface area (Å²) in [6.45, 7) is 3.86. The van der Waals surface area contributed by atoms with Gasteiger partial charge in [0.15, 0.2) is 0 Å². The van der Waals surface area contributed by atoms with Crippen LogP contribution in [-0.4, -0.2) is 11.2 Å². The monoisotopic (exact) mass is 246 g/mol. The highest BCUT2D eigenvalue weighted by atomic mass is 19.1. The van der Waals surface area contributed by atoms with Crippen molar-refractivity contribution in [3.63, 3.8) is 0 Å². The molecule has 0 bridgehead atoms. The number of hydrogen-bond acceptors (Lipinski definition) is 2. The first kappa shape index (κ1) is 12.4. The van der Waals surface area contributed by atoms with Gasteiger partial charge in [0.25, 0.3) is 0 Å². The van der Waals surface area contributed by atoms with Crippen LogP contribution in [-0.2, 0) is 0 Å². The van der Waals surface area contributed by atoms with E-state index in [2.05, 4.69) is 0 Å². The Morgan fingerprint density at radius 2 is 1.83 bits per heavy atom. The zero-order valence-electron chi connectivity index (χ0n) is 10.4. The van der Waals surface area contributed by atoms with E-state index in [9.17, 15) is 9.50 Å². The average Bonchev–Trinajstić information content (AvgIpc) is 2.27. The minimum atomic E-state index is -0.468. The van der Waals surface area contributed by atoms with Crippen molar-refractivity contribution in [1.82, 2.24) is 0 Å². The minimum Gasteiger partial charge on any atom is -0.508 e. The Morgan fingerprint density at radius 3 is 2.50 bits per heavy atom. The molecule has 0 aliphatic carbocycles. The molecule has 0 heterocycles. The molecule has 0 aliphatic heterocycles. The lowest BCUT2D eigenvalue weighted by Crippen LogP contribution is -2.06. The summed E-state index contributed by atoms with van der Waals surface area (Å²) in [6, 6.07) is 11.4. The minimum absolute atomic E-state index is 0.0355. The second-order valence-electron chi connectivity index (χ2n) is 4.36. The van der Waals surface area contributed by atoms with Crippen LogP contribution in [0.2, 0.25) is 0 Å². The number of hydrogen-bond donors (Lipinski definition) is 1. The van der Waals surface area contributed by atoms with Gasteiger partial charge in [-0.3, -0.25) is 0 Å². The number of para-hydroxylation sites is 1. The topological polar surface area (TPSA) is 29.5 Å². The van der Waals surface area contributed by atoms with E-state index >= 15 is 0 Å². The maximum Gasteiger partial charge on any atom is 0.127 e. The molecule has 0 aliphatic rings. The smallest absolute Gasteiger partial charge is 0.127 e. The van der Waals surface area contributed by atoms with Crippen LogP contribution < -0.4 is 4.74 Å². The second-order valence-corrected chi connectivity index (χ2v) is 4.36. The number of phenolic OH excluding ortho intramolecular Hbond substituents is 1. The van der Waals surface area contributed by atoms with Gasteiger partial charge < -0.3 is 9.84 Å². The van der Waals surface area contributed by atoms with Gasteiger partial charge in [-0.25, -0.2) is 4.39 Å². The summed E-state index contributed by atoms with van der Waals surface area (Å²) in [5.41, 5.74) is 1.37. The molecule has 2 aromatic carbocycles. The summed E-state index contributed by atoms with van der Waals surface area (Å²) in [6.07, 6.45) is 0.0355. The summed E-state index contributed by atoms with van der Waals surface area (Å²) in [5, 5.41) is 9.45. The third-order valence-electron chi connectivity index (χ3n) is 2.44. The SMILES string of the molecule is CC(C)Oc1ccccc1-c1cc(O)cc(F)c1. The fourth-order valence-electron chi connectivity index (χ4n) is 1.79. The van der Waals surface area contributed by atoms with Crippen molar-refractivity contribution in [2.75, 3.05) is 0 Å². The van der Waals surface area contributed by atoms with Crippen LogP contribution in [0.3, 0.4) is 0 Å². The van der Waals surface area contributed by atoms with E-state index in [1.165, 1.54) is 12.1 Å². The Bertz CT molecular complexity index is 530. The van der Waals surface area contributed by atoms with Crippen molar-refractivity contribution >= 4 is 0 Å². The predicted octanol–water partition coefficient (Wildman–Crippen LogP) is 3.99. The highest BCUT2D eigenvalue weighted by Crippen LogP contribution is 2.32. The first-order chi connectivity index (χ1) is 8.56. The molecule has 0 saturated carbocycles. The van der Waals surface area contributed by atoms with E-state index in [1.54, 1.807) is 0 Å². The normalized spacial score (nSPS) is 10.7. The summed E-state index contributed by atoms with van der Waals surface area (Å²) in [7, 11) is 0. The second kappa shape index (κ2) is 5.08. The standard InChI is InChI=1S/C15H15FO2/c1-10(2)18-15-6-4-3-5-14(15)11-7-12(16)9-13(17)8-11/h3-10,17H,1-2H3. The molecule has 18 heavy (non-hydrogen) atoms. The van der Waals surface area contributed by atoms with Crippen LogP contribution in [0.25, 0.3) is 11.1 Å². The van der Waals surface area contributed by atoms with Crippen molar-refractivity contribution < 1.29 is 14.2 Å². The number of phenols is 1. The molecule has 2 aromatic rings. The van der Waals surface area contributed by atoms with Crippen LogP contribution in [0.1, 0.15) is 13.8 Å². The summed E-state index contributed by atoms with van der Waals surface area (Å²) in [5.74, 6) is 0.117. The van der Waals surface area contributed by atoms with E-state index < -0.39 is 5.82 Å². The van der Waals surface area contributed by atoms with Gasteiger partial charge in [-0.15, -0.1) is 0 Å². The van der Waals surface area contributed by atoms with E-state index in [0.29, 0.717) is 11.3 Å². The van der Waals surface area contributed by atoms with Crippen molar-refractivity contribution in [1.29, 1.82) is 0 Å². The van der Waals surface area contributed by atoms with Gasteiger partial charge in [0.2, 0.25) is 0 Å². The molecular weight excluding hydrogens is 231 g/mol. The number of rotatable bonds is 3. The Hall–Kier alpha value is -2.03. The lowest BCUT2D eigenvalue weighted by Gasteiger charge is -2.14. The van der Waals surface area contributed by atoms with Crippen LogP contribution in [0.4, 0.5) is 4.39 Å². The molecule has 0 spiro atoms. The fraction of sp³-hybridized carbons (Fsp3) is 0.200. The molecule has 0 radical (unpaired) electrons.